The Balaban J connectivity index is 1.81. The summed E-state index contributed by atoms with van der Waals surface area (Å²) in [5.41, 5.74) is 1.23. The minimum absolute atomic E-state index is 0.0364. The van der Waals surface area contributed by atoms with Gasteiger partial charge in [0.25, 0.3) is 11.6 Å². The maximum atomic E-state index is 13.9. The van der Waals surface area contributed by atoms with Gasteiger partial charge in [-0.05, 0) is 70.7 Å². The molecular weight excluding hydrogens is 529 g/mol. The Bertz CT molecular complexity index is 1390. The van der Waals surface area contributed by atoms with Gasteiger partial charge in [-0.3, -0.25) is 19.9 Å². The highest BCUT2D eigenvalue weighted by atomic mass is 79.9. The number of pyridine rings is 1. The van der Waals surface area contributed by atoms with Crippen molar-refractivity contribution in [1.82, 2.24) is 4.98 Å². The molecule has 0 unspecified atom stereocenters. The predicted octanol–water partition coefficient (Wildman–Crippen LogP) is 5.02. The van der Waals surface area contributed by atoms with Gasteiger partial charge in [-0.2, -0.15) is 0 Å². The van der Waals surface area contributed by atoms with E-state index >= 15 is 0 Å². The second kappa shape index (κ2) is 9.22. The Morgan fingerprint density at radius 2 is 1.94 bits per heavy atom. The van der Waals surface area contributed by atoms with Gasteiger partial charge in [0.1, 0.15) is 5.82 Å². The normalized spacial score (nSPS) is 13.5. The van der Waals surface area contributed by atoms with E-state index in [0.717, 1.165) is 41.8 Å². The average molecular weight is 548 g/mol. The Morgan fingerprint density at radius 1 is 1.21 bits per heavy atom. The maximum absolute atomic E-state index is 13.9. The molecule has 1 fully saturated rings. The van der Waals surface area contributed by atoms with Crippen LogP contribution in [0.5, 0.6) is 0 Å². The predicted molar refractivity (Wildman–Crippen MR) is 127 cm³/mol. The van der Waals surface area contributed by atoms with Crippen molar-refractivity contribution in [3.05, 3.63) is 92.0 Å². The minimum Gasteiger partial charge on any atom is -0.303 e. The summed E-state index contributed by atoms with van der Waals surface area (Å²) in [6.07, 6.45) is 4.44. The zero-order chi connectivity index (χ0) is 24.6. The summed E-state index contributed by atoms with van der Waals surface area (Å²) in [5, 5.41) is 11.4. The van der Waals surface area contributed by atoms with Gasteiger partial charge in [0.15, 0.2) is 9.84 Å². The first-order valence-electron chi connectivity index (χ1n) is 10.2. The SMILES string of the molecule is CS(=O)(=O)c1cc(F)ccc1N(Cc1ccc(Br)c([N+](=O)[O-])c1)C(=O)c1ccc(C2CC2)nc1. The van der Waals surface area contributed by atoms with Crippen LogP contribution in [-0.2, 0) is 16.4 Å². The summed E-state index contributed by atoms with van der Waals surface area (Å²) in [4.78, 5) is 29.5. The minimum atomic E-state index is -3.91. The van der Waals surface area contributed by atoms with Crippen LogP contribution in [0.3, 0.4) is 0 Å². The molecule has 176 valence electrons. The summed E-state index contributed by atoms with van der Waals surface area (Å²) in [6.45, 7) is -0.189. The topological polar surface area (TPSA) is 110 Å². The summed E-state index contributed by atoms with van der Waals surface area (Å²) in [6, 6.07) is 10.8. The highest BCUT2D eigenvalue weighted by Gasteiger charge is 2.28. The third kappa shape index (κ3) is 5.15. The molecule has 0 N–H and O–H groups in total. The molecule has 0 radical (unpaired) electrons. The number of halogens is 2. The van der Waals surface area contributed by atoms with Crippen molar-refractivity contribution in [1.29, 1.82) is 0 Å². The van der Waals surface area contributed by atoms with Gasteiger partial charge in [0, 0.05) is 30.1 Å². The molecule has 2 aromatic carbocycles. The Morgan fingerprint density at radius 3 is 2.53 bits per heavy atom. The van der Waals surface area contributed by atoms with E-state index in [0.29, 0.717) is 11.5 Å². The van der Waals surface area contributed by atoms with Crippen molar-refractivity contribution in [2.24, 2.45) is 0 Å². The number of amides is 1. The number of aromatic nitrogens is 1. The first kappa shape index (κ1) is 24.0. The lowest BCUT2D eigenvalue weighted by atomic mass is 10.1. The standard InChI is InChI=1S/C23H19BrFN3O5S/c1-34(32,33)22-11-17(25)6-9-20(22)27(13-14-2-7-18(24)21(10-14)28(30)31)23(29)16-5-8-19(26-12-16)15-3-4-15/h2,5-12,15H,3-4,13H2,1H3. The van der Waals surface area contributed by atoms with Crippen molar-refractivity contribution < 1.29 is 22.5 Å². The highest BCUT2D eigenvalue weighted by Crippen LogP contribution is 2.39. The largest absolute Gasteiger partial charge is 0.303 e. The van der Waals surface area contributed by atoms with Crippen LogP contribution in [0.2, 0.25) is 0 Å². The third-order valence-corrected chi connectivity index (χ3v) is 7.23. The number of hydrogen-bond donors (Lipinski definition) is 0. The first-order chi connectivity index (χ1) is 16.0. The number of hydrogen-bond acceptors (Lipinski definition) is 6. The molecule has 11 heteroatoms. The van der Waals surface area contributed by atoms with Crippen molar-refractivity contribution in [2.75, 3.05) is 11.2 Å². The quantitative estimate of drug-likeness (QED) is 0.303. The molecule has 1 heterocycles. The molecule has 0 spiro atoms. The lowest BCUT2D eigenvalue weighted by Crippen LogP contribution is -2.32. The average Bonchev–Trinajstić information content (AvgIpc) is 3.63. The zero-order valence-electron chi connectivity index (χ0n) is 17.9. The van der Waals surface area contributed by atoms with Gasteiger partial charge < -0.3 is 4.90 Å². The number of carbonyl (C=O) groups is 1. The van der Waals surface area contributed by atoms with Crippen LogP contribution in [0.15, 0.2) is 64.1 Å². The van der Waals surface area contributed by atoms with Crippen LogP contribution >= 0.6 is 15.9 Å². The first-order valence-corrected chi connectivity index (χ1v) is 12.9. The molecule has 0 atom stereocenters. The van der Waals surface area contributed by atoms with E-state index in [9.17, 15) is 27.7 Å². The van der Waals surface area contributed by atoms with Gasteiger partial charge in [-0.25, -0.2) is 12.8 Å². The van der Waals surface area contributed by atoms with Crippen LogP contribution in [0, 0.1) is 15.9 Å². The Kier molecular flexibility index (Phi) is 6.50. The van der Waals surface area contributed by atoms with Crippen LogP contribution in [-0.4, -0.2) is 30.5 Å². The summed E-state index contributed by atoms with van der Waals surface area (Å²) >= 11 is 3.13. The molecule has 0 saturated heterocycles. The van der Waals surface area contributed by atoms with Crippen LogP contribution < -0.4 is 4.90 Å². The number of carbonyl (C=O) groups excluding carboxylic acids is 1. The molecule has 3 aromatic rings. The van der Waals surface area contributed by atoms with E-state index in [1.54, 1.807) is 18.2 Å². The smallest absolute Gasteiger partial charge is 0.283 e. The molecule has 1 aliphatic carbocycles. The molecule has 0 bridgehead atoms. The molecule has 1 saturated carbocycles. The number of rotatable bonds is 7. The molecule has 1 aromatic heterocycles. The van der Waals surface area contributed by atoms with Crippen LogP contribution in [0.25, 0.3) is 0 Å². The van der Waals surface area contributed by atoms with Crippen molar-refractivity contribution in [2.45, 2.75) is 30.2 Å². The number of benzene rings is 2. The molecule has 8 nitrogen and oxygen atoms in total. The number of nitro benzene ring substituents is 1. The van der Waals surface area contributed by atoms with Crippen molar-refractivity contribution in [3.8, 4) is 0 Å². The third-order valence-electron chi connectivity index (χ3n) is 5.43. The highest BCUT2D eigenvalue weighted by molar-refractivity contribution is 9.10. The van der Waals surface area contributed by atoms with E-state index in [2.05, 4.69) is 20.9 Å². The number of nitrogens with zero attached hydrogens (tertiary/aromatic N) is 3. The summed E-state index contributed by atoms with van der Waals surface area (Å²) in [5.74, 6) is -0.958. The molecular formula is C23H19BrFN3O5S. The summed E-state index contributed by atoms with van der Waals surface area (Å²) in [7, 11) is -3.91. The molecule has 1 aliphatic rings. The molecule has 1 amide bonds. The fourth-order valence-corrected chi connectivity index (χ4v) is 4.84. The number of sulfone groups is 1. The monoisotopic (exact) mass is 547 g/mol. The Hall–Kier alpha value is -3.18. The second-order valence-electron chi connectivity index (χ2n) is 8.06. The maximum Gasteiger partial charge on any atom is 0.283 e. The fourth-order valence-electron chi connectivity index (χ4n) is 3.56. The van der Waals surface area contributed by atoms with E-state index in [1.807, 2.05) is 0 Å². The van der Waals surface area contributed by atoms with Gasteiger partial charge >= 0.3 is 0 Å². The number of nitro groups is 1. The van der Waals surface area contributed by atoms with Crippen molar-refractivity contribution >= 4 is 43.0 Å². The van der Waals surface area contributed by atoms with Gasteiger partial charge in [0.2, 0.25) is 0 Å². The van der Waals surface area contributed by atoms with Gasteiger partial charge in [-0.15, -0.1) is 0 Å². The molecule has 0 aliphatic heterocycles. The van der Waals surface area contributed by atoms with Gasteiger partial charge in [0.05, 0.1) is 32.1 Å². The van der Waals surface area contributed by atoms with Gasteiger partial charge in [-0.1, -0.05) is 6.07 Å². The fraction of sp³-hybridized carbons (Fsp3) is 0.217. The zero-order valence-corrected chi connectivity index (χ0v) is 20.3. The lowest BCUT2D eigenvalue weighted by molar-refractivity contribution is -0.385. The van der Waals surface area contributed by atoms with Crippen LogP contribution in [0.1, 0.15) is 40.4 Å². The second-order valence-corrected chi connectivity index (χ2v) is 10.9. The number of anilines is 1. The van der Waals surface area contributed by atoms with E-state index < -0.39 is 26.5 Å². The van der Waals surface area contributed by atoms with Crippen LogP contribution in [0.4, 0.5) is 15.8 Å². The van der Waals surface area contributed by atoms with E-state index in [4.69, 9.17) is 0 Å². The van der Waals surface area contributed by atoms with E-state index in [-0.39, 0.29) is 32.9 Å². The Labute approximate surface area is 203 Å². The van der Waals surface area contributed by atoms with E-state index in [1.165, 1.54) is 24.4 Å². The lowest BCUT2D eigenvalue weighted by Gasteiger charge is -2.25. The summed E-state index contributed by atoms with van der Waals surface area (Å²) < 4.78 is 39.1. The molecule has 4 rings (SSSR count). The molecule has 34 heavy (non-hydrogen) atoms. The van der Waals surface area contributed by atoms with Crippen molar-refractivity contribution in [3.63, 3.8) is 0 Å².